The van der Waals surface area contributed by atoms with Gasteiger partial charge in [-0.25, -0.2) is 12.8 Å². The molecule has 0 aliphatic heterocycles. The number of aromatic nitrogens is 2. The number of nitrogens with one attached hydrogen (secondary N) is 3. The molecule has 0 saturated heterocycles. The van der Waals surface area contributed by atoms with Gasteiger partial charge < -0.3 is 5.32 Å². The lowest BCUT2D eigenvalue weighted by Crippen LogP contribution is -2.12. The smallest absolute Gasteiger partial charge is 0.261 e. The normalized spacial score (nSPS) is 11.4. The van der Waals surface area contributed by atoms with E-state index in [1.54, 1.807) is 71.4 Å². The van der Waals surface area contributed by atoms with Crippen molar-refractivity contribution in [2.75, 3.05) is 10.0 Å². The van der Waals surface area contributed by atoms with Crippen molar-refractivity contribution in [3.8, 4) is 11.1 Å². The number of amides is 1. The molecule has 2 heterocycles. The van der Waals surface area contributed by atoms with E-state index in [0.29, 0.717) is 27.8 Å². The van der Waals surface area contributed by atoms with Gasteiger partial charge in [-0.3, -0.25) is 14.6 Å². The summed E-state index contributed by atoms with van der Waals surface area (Å²) in [4.78, 5) is 12.5. The molecule has 5 rings (SSSR count). The van der Waals surface area contributed by atoms with E-state index in [2.05, 4.69) is 20.2 Å². The molecule has 0 aliphatic carbocycles. The summed E-state index contributed by atoms with van der Waals surface area (Å²) in [6.07, 6.45) is 0. The minimum absolute atomic E-state index is 0.150. The third-order valence-corrected chi connectivity index (χ3v) is 7.27. The van der Waals surface area contributed by atoms with Crippen molar-refractivity contribution in [2.45, 2.75) is 4.90 Å². The molecule has 34 heavy (non-hydrogen) atoms. The largest absolute Gasteiger partial charge is 0.305 e. The number of nitrogens with zero attached hydrogens (tertiary/aromatic N) is 1. The van der Waals surface area contributed by atoms with E-state index in [-0.39, 0.29) is 22.1 Å². The van der Waals surface area contributed by atoms with Crippen LogP contribution in [0, 0.1) is 5.82 Å². The Kier molecular flexibility index (Phi) is 5.60. The van der Waals surface area contributed by atoms with Crippen LogP contribution in [0.5, 0.6) is 0 Å². The molecule has 0 unspecified atom stereocenters. The van der Waals surface area contributed by atoms with Crippen LogP contribution in [0.25, 0.3) is 22.0 Å². The second-order valence-corrected chi connectivity index (χ2v) is 9.85. The van der Waals surface area contributed by atoms with Crippen LogP contribution in [0.15, 0.2) is 88.5 Å². The predicted octanol–water partition coefficient (Wildman–Crippen LogP) is 5.48. The summed E-state index contributed by atoms with van der Waals surface area (Å²) in [6.45, 7) is 0. The van der Waals surface area contributed by atoms with Gasteiger partial charge in [-0.1, -0.05) is 36.4 Å². The molecule has 0 spiro atoms. The molecule has 5 aromatic rings. The Balaban J connectivity index is 1.39. The summed E-state index contributed by atoms with van der Waals surface area (Å²) in [5.74, 6) is -0.617. The third kappa shape index (κ3) is 4.16. The first-order valence-electron chi connectivity index (χ1n) is 10.1. The summed E-state index contributed by atoms with van der Waals surface area (Å²) in [7, 11) is -3.72. The zero-order valence-corrected chi connectivity index (χ0v) is 19.1. The van der Waals surface area contributed by atoms with Crippen molar-refractivity contribution in [2.24, 2.45) is 0 Å². The Bertz CT molecular complexity index is 1580. The lowest BCUT2D eigenvalue weighted by Gasteiger charge is -2.10. The Morgan fingerprint density at radius 1 is 0.971 bits per heavy atom. The fraction of sp³-hybridized carbons (Fsp3) is 0. The van der Waals surface area contributed by atoms with E-state index in [1.807, 2.05) is 0 Å². The van der Waals surface area contributed by atoms with Crippen LogP contribution in [0.1, 0.15) is 10.4 Å². The van der Waals surface area contributed by atoms with E-state index in [1.165, 1.54) is 23.5 Å². The van der Waals surface area contributed by atoms with Crippen LogP contribution < -0.4 is 10.0 Å². The summed E-state index contributed by atoms with van der Waals surface area (Å²) in [5.41, 5.74) is 1.88. The highest BCUT2D eigenvalue weighted by Crippen LogP contribution is 2.32. The fourth-order valence-electron chi connectivity index (χ4n) is 3.48. The van der Waals surface area contributed by atoms with Crippen molar-refractivity contribution in [3.63, 3.8) is 0 Å². The summed E-state index contributed by atoms with van der Waals surface area (Å²) in [6, 6.07) is 19.4. The molecule has 3 aromatic carbocycles. The number of anilines is 2. The lowest BCUT2D eigenvalue weighted by atomic mass is 10.0. The highest BCUT2D eigenvalue weighted by Gasteiger charge is 2.18. The minimum Gasteiger partial charge on any atom is -0.305 e. The van der Waals surface area contributed by atoms with Crippen molar-refractivity contribution < 1.29 is 17.6 Å². The van der Waals surface area contributed by atoms with Gasteiger partial charge in [0.05, 0.1) is 10.5 Å². The maximum atomic E-state index is 15.3. The number of benzene rings is 3. The molecule has 2 aromatic heterocycles. The number of sulfonamides is 1. The van der Waals surface area contributed by atoms with E-state index in [9.17, 15) is 13.2 Å². The van der Waals surface area contributed by atoms with Crippen molar-refractivity contribution in [1.82, 2.24) is 10.2 Å². The number of halogens is 1. The van der Waals surface area contributed by atoms with E-state index in [0.717, 1.165) is 0 Å². The monoisotopic (exact) mass is 492 g/mol. The molecular formula is C24H17FN4O3S2. The zero-order chi connectivity index (χ0) is 23.7. The number of thiophene rings is 1. The molecule has 0 radical (unpaired) electrons. The number of rotatable bonds is 6. The Hall–Kier alpha value is -4.02. The minimum atomic E-state index is -3.72. The Morgan fingerprint density at radius 2 is 1.74 bits per heavy atom. The molecule has 7 nitrogen and oxygen atoms in total. The number of H-pyrrole nitrogens is 1. The quantitative estimate of drug-likeness (QED) is 0.292. The number of hydrogen-bond donors (Lipinski definition) is 3. The van der Waals surface area contributed by atoms with Gasteiger partial charge in [0.15, 0.2) is 11.6 Å². The van der Waals surface area contributed by atoms with E-state index < -0.39 is 15.8 Å². The zero-order valence-electron chi connectivity index (χ0n) is 17.4. The molecule has 0 bridgehead atoms. The number of carbonyl (C=O) groups excluding carboxylic acids is 1. The summed E-state index contributed by atoms with van der Waals surface area (Å²) in [5, 5.41) is 13.3. The van der Waals surface area contributed by atoms with Gasteiger partial charge in [-0.05, 0) is 47.3 Å². The number of aromatic amines is 1. The number of carbonyl (C=O) groups is 1. The van der Waals surface area contributed by atoms with Gasteiger partial charge >= 0.3 is 0 Å². The van der Waals surface area contributed by atoms with E-state index >= 15 is 4.39 Å². The molecule has 3 N–H and O–H groups in total. The lowest BCUT2D eigenvalue weighted by molar-refractivity contribution is 0.102. The fourth-order valence-corrected chi connectivity index (χ4v) is 5.19. The van der Waals surface area contributed by atoms with Crippen LogP contribution in [0.3, 0.4) is 0 Å². The van der Waals surface area contributed by atoms with E-state index in [4.69, 9.17) is 0 Å². The molecule has 1 amide bonds. The molecule has 10 heteroatoms. The molecule has 0 saturated carbocycles. The molecule has 170 valence electrons. The van der Waals surface area contributed by atoms with Gasteiger partial charge in [0.2, 0.25) is 0 Å². The van der Waals surface area contributed by atoms with Crippen LogP contribution in [-0.2, 0) is 10.0 Å². The van der Waals surface area contributed by atoms with Gasteiger partial charge in [0.1, 0.15) is 5.52 Å². The second kappa shape index (κ2) is 8.73. The van der Waals surface area contributed by atoms with Crippen molar-refractivity contribution in [1.29, 1.82) is 0 Å². The summed E-state index contributed by atoms with van der Waals surface area (Å²) < 4.78 is 42.8. The first-order valence-corrected chi connectivity index (χ1v) is 12.5. The third-order valence-electron chi connectivity index (χ3n) is 5.19. The van der Waals surface area contributed by atoms with Crippen LogP contribution >= 0.6 is 11.3 Å². The maximum absolute atomic E-state index is 15.3. The second-order valence-electron chi connectivity index (χ2n) is 7.38. The maximum Gasteiger partial charge on any atom is 0.261 e. The van der Waals surface area contributed by atoms with Crippen LogP contribution in [0.4, 0.5) is 15.9 Å². The van der Waals surface area contributed by atoms with Crippen LogP contribution in [-0.4, -0.2) is 24.5 Å². The molecule has 0 atom stereocenters. The highest BCUT2D eigenvalue weighted by atomic mass is 32.2. The first kappa shape index (κ1) is 21.8. The average molecular weight is 493 g/mol. The SMILES string of the molecule is O=C(Nc1n[nH]c2c(F)c(-c3ccc(NS(=O)(=O)c4ccccc4)cc3)ccc12)c1ccsc1. The summed E-state index contributed by atoms with van der Waals surface area (Å²) >= 11 is 1.40. The first-order chi connectivity index (χ1) is 16.4. The van der Waals surface area contributed by atoms with Crippen LogP contribution in [0.2, 0.25) is 0 Å². The van der Waals surface area contributed by atoms with Gasteiger partial charge in [-0.15, -0.1) is 0 Å². The van der Waals surface area contributed by atoms with Gasteiger partial charge in [0, 0.05) is 22.0 Å². The Labute approximate surface area is 198 Å². The number of hydrogen-bond acceptors (Lipinski definition) is 5. The van der Waals surface area contributed by atoms with Gasteiger partial charge in [0.25, 0.3) is 15.9 Å². The molecule has 0 aliphatic rings. The topological polar surface area (TPSA) is 104 Å². The average Bonchev–Trinajstić information content (AvgIpc) is 3.52. The van der Waals surface area contributed by atoms with Crippen molar-refractivity contribution in [3.05, 3.63) is 94.9 Å². The van der Waals surface area contributed by atoms with Gasteiger partial charge in [-0.2, -0.15) is 16.4 Å². The van der Waals surface area contributed by atoms with Crippen molar-refractivity contribution >= 4 is 49.7 Å². The standard InChI is InChI=1S/C24H17FN4O3S2/c25-21-19(10-11-20-22(21)27-28-23(20)26-24(30)16-12-13-33-14-16)15-6-8-17(9-7-15)29-34(31,32)18-4-2-1-3-5-18/h1-14,29H,(H2,26,27,28,30). The predicted molar refractivity (Wildman–Crippen MR) is 131 cm³/mol. The Morgan fingerprint density at radius 3 is 2.44 bits per heavy atom. The molecular weight excluding hydrogens is 475 g/mol. The molecule has 0 fully saturated rings. The highest BCUT2D eigenvalue weighted by molar-refractivity contribution is 7.92. The number of fused-ring (bicyclic) bond motifs is 1.